The number of hydrogen-bond acceptors (Lipinski definition) is 5. The maximum Gasteiger partial charge on any atom is 0.262 e. The van der Waals surface area contributed by atoms with Gasteiger partial charge in [-0.2, -0.15) is 9.57 Å². The Morgan fingerprint density at radius 3 is 2.86 bits per heavy atom. The average molecular weight is 307 g/mol. The van der Waals surface area contributed by atoms with Gasteiger partial charge in [-0.1, -0.05) is 13.0 Å². The summed E-state index contributed by atoms with van der Waals surface area (Å²) in [6.07, 6.45) is 1.81. The van der Waals surface area contributed by atoms with Gasteiger partial charge >= 0.3 is 0 Å². The van der Waals surface area contributed by atoms with Crippen molar-refractivity contribution in [3.05, 3.63) is 24.4 Å². The molecule has 1 N–H and O–H groups in total. The monoisotopic (exact) mass is 307 g/mol. The molecule has 0 atom stereocenters. The van der Waals surface area contributed by atoms with Gasteiger partial charge in [0.25, 0.3) is 10.0 Å². The molecule has 2 rings (SSSR count). The van der Waals surface area contributed by atoms with Crippen molar-refractivity contribution in [2.24, 2.45) is 0 Å². The summed E-state index contributed by atoms with van der Waals surface area (Å²) in [7, 11) is -2.10. The van der Waals surface area contributed by atoms with Crippen molar-refractivity contribution in [1.82, 2.24) is 13.7 Å². The fraction of sp³-hybridized carbons (Fsp3) is 0.385. The Morgan fingerprint density at radius 1 is 1.48 bits per heavy atom. The Bertz CT molecular complexity index is 775. The Morgan fingerprint density at radius 2 is 2.24 bits per heavy atom. The van der Waals surface area contributed by atoms with Gasteiger partial charge in [-0.15, -0.1) is 0 Å². The van der Waals surface area contributed by atoms with Crippen LogP contribution in [0.5, 0.6) is 0 Å². The van der Waals surface area contributed by atoms with Crippen molar-refractivity contribution < 1.29 is 8.42 Å². The number of hydrogen-bond donors (Lipinski definition) is 1. The minimum absolute atomic E-state index is 0.0976. The molecule has 0 saturated heterocycles. The number of imidazole rings is 1. The van der Waals surface area contributed by atoms with Gasteiger partial charge in [0.2, 0.25) is 0 Å². The first-order valence-corrected chi connectivity index (χ1v) is 8.02. The normalized spacial score (nSPS) is 11.7. The summed E-state index contributed by atoms with van der Waals surface area (Å²) >= 11 is 0. The average Bonchev–Trinajstić information content (AvgIpc) is 2.87. The highest BCUT2D eigenvalue weighted by molar-refractivity contribution is 7.89. The molecular formula is C13H17N5O2S. The number of nitrogens with one attached hydrogen (secondary N) is 1. The molecule has 0 spiro atoms. The van der Waals surface area contributed by atoms with E-state index >= 15 is 0 Å². The summed E-state index contributed by atoms with van der Waals surface area (Å²) in [5.74, 6) is 0.302. The predicted molar refractivity (Wildman–Crippen MR) is 79.4 cm³/mol. The minimum Gasteiger partial charge on any atom is -0.371 e. The Hall–Kier alpha value is -2.11. The molecule has 0 aliphatic carbocycles. The van der Waals surface area contributed by atoms with Crippen molar-refractivity contribution in [3.8, 4) is 6.07 Å². The van der Waals surface area contributed by atoms with Crippen LogP contribution in [0.4, 0.5) is 5.82 Å². The van der Waals surface area contributed by atoms with E-state index in [1.165, 1.54) is 8.71 Å². The molecule has 0 bridgehead atoms. The molecule has 21 heavy (non-hydrogen) atoms. The van der Waals surface area contributed by atoms with Gasteiger partial charge in [0.05, 0.1) is 6.07 Å². The van der Waals surface area contributed by atoms with Crippen LogP contribution in [0.1, 0.15) is 13.3 Å². The van der Waals surface area contributed by atoms with E-state index in [0.29, 0.717) is 18.0 Å². The Balaban J connectivity index is 2.60. The number of nitriles is 1. The van der Waals surface area contributed by atoms with E-state index in [9.17, 15) is 8.42 Å². The van der Waals surface area contributed by atoms with Gasteiger partial charge in [-0.3, -0.25) is 4.40 Å². The Kier molecular flexibility index (Phi) is 4.45. The lowest BCUT2D eigenvalue weighted by Crippen LogP contribution is -2.33. The van der Waals surface area contributed by atoms with Crippen molar-refractivity contribution in [2.45, 2.75) is 18.4 Å². The molecule has 2 aromatic heterocycles. The SMILES string of the molecule is CCN(CCC#N)S(=O)(=O)c1c(NC)nc2ccccn12. The van der Waals surface area contributed by atoms with Crippen molar-refractivity contribution in [2.75, 3.05) is 25.5 Å². The number of rotatable bonds is 6. The molecule has 0 radical (unpaired) electrons. The van der Waals surface area contributed by atoms with Crippen LogP contribution in [0.2, 0.25) is 0 Å². The predicted octanol–water partition coefficient (Wildman–Crippen LogP) is 1.30. The van der Waals surface area contributed by atoms with Crippen molar-refractivity contribution in [3.63, 3.8) is 0 Å². The third-order valence-electron chi connectivity index (χ3n) is 3.13. The van der Waals surface area contributed by atoms with Gasteiger partial charge in [0.1, 0.15) is 5.65 Å². The summed E-state index contributed by atoms with van der Waals surface area (Å²) in [6, 6.07) is 7.26. The van der Waals surface area contributed by atoms with Crippen LogP contribution in [0.15, 0.2) is 29.4 Å². The van der Waals surface area contributed by atoms with Crippen LogP contribution in [-0.4, -0.2) is 42.2 Å². The van der Waals surface area contributed by atoms with E-state index in [2.05, 4.69) is 10.3 Å². The molecule has 0 unspecified atom stereocenters. The number of aromatic nitrogens is 2. The van der Waals surface area contributed by atoms with Gasteiger partial charge in [-0.25, -0.2) is 13.4 Å². The molecule has 0 fully saturated rings. The van der Waals surface area contributed by atoms with Crippen molar-refractivity contribution >= 4 is 21.5 Å². The van der Waals surface area contributed by atoms with E-state index in [1.54, 1.807) is 38.4 Å². The molecule has 2 aromatic rings. The third-order valence-corrected chi connectivity index (χ3v) is 5.13. The maximum atomic E-state index is 12.8. The fourth-order valence-corrected chi connectivity index (χ4v) is 3.84. The molecule has 7 nitrogen and oxygen atoms in total. The van der Waals surface area contributed by atoms with Crippen LogP contribution in [0.3, 0.4) is 0 Å². The molecule has 0 aliphatic rings. The second kappa shape index (κ2) is 6.11. The fourth-order valence-electron chi connectivity index (χ4n) is 2.13. The van der Waals surface area contributed by atoms with E-state index in [-0.39, 0.29) is 18.0 Å². The molecule has 0 aliphatic heterocycles. The highest BCUT2D eigenvalue weighted by Crippen LogP contribution is 2.25. The summed E-state index contributed by atoms with van der Waals surface area (Å²) in [5, 5.41) is 11.6. The first kappa shape index (κ1) is 15.3. The maximum absolute atomic E-state index is 12.8. The lowest BCUT2D eigenvalue weighted by atomic mass is 10.5. The summed E-state index contributed by atoms with van der Waals surface area (Å²) in [5.41, 5.74) is 0.553. The van der Waals surface area contributed by atoms with E-state index in [1.807, 2.05) is 6.07 Å². The second-order valence-corrected chi connectivity index (χ2v) is 6.20. The number of pyridine rings is 1. The van der Waals surface area contributed by atoms with Gasteiger partial charge in [0, 0.05) is 32.8 Å². The van der Waals surface area contributed by atoms with Gasteiger partial charge in [-0.05, 0) is 12.1 Å². The summed E-state index contributed by atoms with van der Waals surface area (Å²) < 4.78 is 28.5. The van der Waals surface area contributed by atoms with Gasteiger partial charge < -0.3 is 5.32 Å². The highest BCUT2D eigenvalue weighted by atomic mass is 32.2. The minimum atomic E-state index is -3.73. The number of anilines is 1. The standard InChI is InChI=1S/C13H17N5O2S/c1-3-17(9-6-8-14)21(19,20)13-12(15-2)16-11-7-4-5-10-18(11)13/h4-5,7,10,15H,3,6,9H2,1-2H3. The topological polar surface area (TPSA) is 90.5 Å². The zero-order valence-corrected chi connectivity index (χ0v) is 12.8. The highest BCUT2D eigenvalue weighted by Gasteiger charge is 2.30. The van der Waals surface area contributed by atoms with Crippen LogP contribution in [0.25, 0.3) is 5.65 Å². The van der Waals surface area contributed by atoms with E-state index in [0.717, 1.165) is 0 Å². The molecule has 0 amide bonds. The van der Waals surface area contributed by atoms with Crippen LogP contribution in [0, 0.1) is 11.3 Å². The van der Waals surface area contributed by atoms with E-state index < -0.39 is 10.0 Å². The number of sulfonamides is 1. The molecule has 0 saturated carbocycles. The smallest absolute Gasteiger partial charge is 0.262 e. The Labute approximate surface area is 123 Å². The first-order chi connectivity index (χ1) is 10.1. The first-order valence-electron chi connectivity index (χ1n) is 6.58. The van der Waals surface area contributed by atoms with Crippen LogP contribution >= 0.6 is 0 Å². The number of nitrogens with zero attached hydrogens (tertiary/aromatic N) is 4. The molecule has 112 valence electrons. The van der Waals surface area contributed by atoms with E-state index in [4.69, 9.17) is 5.26 Å². The van der Waals surface area contributed by atoms with Gasteiger partial charge in [0.15, 0.2) is 10.8 Å². The third kappa shape index (κ3) is 2.70. The zero-order valence-electron chi connectivity index (χ0n) is 11.9. The lowest BCUT2D eigenvalue weighted by molar-refractivity contribution is 0.432. The molecule has 0 aromatic carbocycles. The lowest BCUT2D eigenvalue weighted by Gasteiger charge is -2.19. The summed E-state index contributed by atoms with van der Waals surface area (Å²) in [6.45, 7) is 2.21. The molecule has 2 heterocycles. The molecule has 8 heteroatoms. The van der Waals surface area contributed by atoms with Crippen LogP contribution in [-0.2, 0) is 10.0 Å². The number of fused-ring (bicyclic) bond motifs is 1. The van der Waals surface area contributed by atoms with Crippen molar-refractivity contribution in [1.29, 1.82) is 5.26 Å². The zero-order chi connectivity index (χ0) is 15.5. The van der Waals surface area contributed by atoms with Crippen LogP contribution < -0.4 is 5.32 Å². The molecular weight excluding hydrogens is 290 g/mol. The second-order valence-electron chi connectivity index (χ2n) is 4.35. The largest absolute Gasteiger partial charge is 0.371 e. The summed E-state index contributed by atoms with van der Waals surface area (Å²) in [4.78, 5) is 4.28. The quantitative estimate of drug-likeness (QED) is 0.868.